The van der Waals surface area contributed by atoms with Gasteiger partial charge in [0.05, 0.1) is 13.3 Å². The molecule has 0 aliphatic rings. The molecule has 0 radical (unpaired) electrons. The first-order valence-electron chi connectivity index (χ1n) is 5.37. The fourth-order valence-electron chi connectivity index (χ4n) is 1.51. The summed E-state index contributed by atoms with van der Waals surface area (Å²) in [6.07, 6.45) is 0.969. The lowest BCUT2D eigenvalue weighted by molar-refractivity contribution is 0.414. The summed E-state index contributed by atoms with van der Waals surface area (Å²) < 4.78 is 31.1. The molecular weight excluding hydrogens is 238 g/mol. The Morgan fingerprint density at radius 1 is 1.28 bits per heavy atom. The lowest BCUT2D eigenvalue weighted by Crippen LogP contribution is -2.04. The summed E-state index contributed by atoms with van der Waals surface area (Å²) in [5.41, 5.74) is 0.917. The van der Waals surface area contributed by atoms with Gasteiger partial charge in [0.25, 0.3) is 0 Å². The predicted octanol–water partition coefficient (Wildman–Crippen LogP) is 2.98. The van der Waals surface area contributed by atoms with Gasteiger partial charge in [-0.1, -0.05) is 12.1 Å². The quantitative estimate of drug-likeness (QED) is 0.905. The highest BCUT2D eigenvalue weighted by molar-refractivity contribution is 5.38. The zero-order valence-electron chi connectivity index (χ0n) is 9.78. The predicted molar refractivity (Wildman–Crippen MR) is 64.5 cm³/mol. The molecule has 0 amide bonds. The molecule has 0 aliphatic carbocycles. The molecule has 0 fully saturated rings. The first-order chi connectivity index (χ1) is 8.69. The highest BCUT2D eigenvalue weighted by Crippen LogP contribution is 2.15. The molecule has 0 spiro atoms. The van der Waals surface area contributed by atoms with Crippen LogP contribution in [0.3, 0.4) is 0 Å². The lowest BCUT2D eigenvalue weighted by Gasteiger charge is -2.07. The molecule has 1 aromatic heterocycles. The Balaban J connectivity index is 2.06. The van der Waals surface area contributed by atoms with Crippen molar-refractivity contribution < 1.29 is 13.5 Å². The molecular formula is C13H12F2N2O. The minimum absolute atomic E-state index is 0.0271. The molecule has 94 valence electrons. The summed E-state index contributed by atoms with van der Waals surface area (Å²) in [5.74, 6) is -0.654. The average Bonchev–Trinajstić information content (AvgIpc) is 2.38. The van der Waals surface area contributed by atoms with Crippen molar-refractivity contribution in [2.75, 3.05) is 12.4 Å². The Morgan fingerprint density at radius 2 is 2.11 bits per heavy atom. The molecule has 5 heteroatoms. The molecule has 0 saturated heterocycles. The van der Waals surface area contributed by atoms with E-state index in [0.29, 0.717) is 6.54 Å². The van der Waals surface area contributed by atoms with Crippen LogP contribution in [0.2, 0.25) is 0 Å². The van der Waals surface area contributed by atoms with E-state index in [1.54, 1.807) is 7.11 Å². The number of hydrogen-bond acceptors (Lipinski definition) is 3. The van der Waals surface area contributed by atoms with Crippen LogP contribution in [0.25, 0.3) is 0 Å². The SMILES string of the molecule is COc1cccc(CNc2ncc(F)cc2F)c1. The Bertz CT molecular complexity index is 546. The zero-order chi connectivity index (χ0) is 13.0. The number of aromatic nitrogens is 1. The van der Waals surface area contributed by atoms with Crippen molar-refractivity contribution in [2.24, 2.45) is 0 Å². The van der Waals surface area contributed by atoms with Crippen molar-refractivity contribution >= 4 is 5.82 Å². The third-order valence-electron chi connectivity index (χ3n) is 2.40. The van der Waals surface area contributed by atoms with Crippen molar-refractivity contribution in [1.29, 1.82) is 0 Å². The highest BCUT2D eigenvalue weighted by Gasteiger charge is 2.05. The van der Waals surface area contributed by atoms with E-state index in [-0.39, 0.29) is 5.82 Å². The van der Waals surface area contributed by atoms with Crippen LogP contribution < -0.4 is 10.1 Å². The fraction of sp³-hybridized carbons (Fsp3) is 0.154. The molecule has 18 heavy (non-hydrogen) atoms. The van der Waals surface area contributed by atoms with Crippen LogP contribution in [0.5, 0.6) is 5.75 Å². The molecule has 0 atom stereocenters. The van der Waals surface area contributed by atoms with Crippen LogP contribution >= 0.6 is 0 Å². The summed E-state index contributed by atoms with van der Waals surface area (Å²) >= 11 is 0. The number of methoxy groups -OCH3 is 1. The number of benzene rings is 1. The minimum Gasteiger partial charge on any atom is -0.497 e. The van der Waals surface area contributed by atoms with Gasteiger partial charge in [-0.05, 0) is 17.7 Å². The minimum atomic E-state index is -0.710. The van der Waals surface area contributed by atoms with Crippen LogP contribution in [0, 0.1) is 11.6 Å². The third kappa shape index (κ3) is 2.94. The van der Waals surface area contributed by atoms with E-state index in [4.69, 9.17) is 4.74 Å². The van der Waals surface area contributed by atoms with Gasteiger partial charge in [-0.2, -0.15) is 0 Å². The van der Waals surface area contributed by atoms with Crippen molar-refractivity contribution in [3.63, 3.8) is 0 Å². The monoisotopic (exact) mass is 250 g/mol. The Kier molecular flexibility index (Phi) is 3.72. The molecule has 3 nitrogen and oxygen atoms in total. The standard InChI is InChI=1S/C13H12F2N2O/c1-18-11-4-2-3-9(5-11)7-16-13-12(15)6-10(14)8-17-13/h2-6,8H,7H2,1H3,(H,16,17). The van der Waals surface area contributed by atoms with Gasteiger partial charge in [-0.3, -0.25) is 0 Å². The Hall–Kier alpha value is -2.17. The molecule has 0 aliphatic heterocycles. The Labute approximate surface area is 103 Å². The van der Waals surface area contributed by atoms with E-state index >= 15 is 0 Å². The van der Waals surface area contributed by atoms with Crippen LogP contribution in [0.4, 0.5) is 14.6 Å². The van der Waals surface area contributed by atoms with E-state index in [9.17, 15) is 8.78 Å². The zero-order valence-corrected chi connectivity index (χ0v) is 9.78. The largest absolute Gasteiger partial charge is 0.497 e. The molecule has 1 N–H and O–H groups in total. The topological polar surface area (TPSA) is 34.1 Å². The molecule has 2 aromatic rings. The Morgan fingerprint density at radius 3 is 2.83 bits per heavy atom. The van der Waals surface area contributed by atoms with Gasteiger partial charge in [0.2, 0.25) is 0 Å². The number of rotatable bonds is 4. The van der Waals surface area contributed by atoms with Crippen LogP contribution in [-0.4, -0.2) is 12.1 Å². The number of nitrogens with zero attached hydrogens (tertiary/aromatic N) is 1. The van der Waals surface area contributed by atoms with Crippen molar-refractivity contribution in [3.8, 4) is 5.75 Å². The first-order valence-corrected chi connectivity index (χ1v) is 5.37. The molecule has 1 aromatic carbocycles. The second kappa shape index (κ2) is 5.44. The van der Waals surface area contributed by atoms with Gasteiger partial charge in [-0.15, -0.1) is 0 Å². The van der Waals surface area contributed by atoms with Crippen molar-refractivity contribution in [1.82, 2.24) is 4.98 Å². The van der Waals surface area contributed by atoms with E-state index in [1.165, 1.54) is 0 Å². The number of hydrogen-bond donors (Lipinski definition) is 1. The maximum atomic E-state index is 13.3. The van der Waals surface area contributed by atoms with Crippen LogP contribution in [0.15, 0.2) is 36.5 Å². The molecule has 1 heterocycles. The summed E-state index contributed by atoms with van der Waals surface area (Å²) in [6, 6.07) is 8.15. The third-order valence-corrected chi connectivity index (χ3v) is 2.40. The smallest absolute Gasteiger partial charge is 0.168 e. The molecule has 0 bridgehead atoms. The van der Waals surface area contributed by atoms with E-state index in [0.717, 1.165) is 23.6 Å². The van der Waals surface area contributed by atoms with E-state index in [1.807, 2.05) is 24.3 Å². The van der Waals surface area contributed by atoms with Gasteiger partial charge in [0, 0.05) is 12.6 Å². The summed E-state index contributed by atoms with van der Waals surface area (Å²) in [4.78, 5) is 3.64. The fourth-order valence-corrected chi connectivity index (χ4v) is 1.51. The number of ether oxygens (including phenoxy) is 1. The molecule has 0 unspecified atom stereocenters. The lowest BCUT2D eigenvalue weighted by atomic mass is 10.2. The number of pyridine rings is 1. The maximum Gasteiger partial charge on any atom is 0.168 e. The number of anilines is 1. The normalized spacial score (nSPS) is 10.2. The second-order valence-corrected chi connectivity index (χ2v) is 3.69. The van der Waals surface area contributed by atoms with E-state index < -0.39 is 11.6 Å². The van der Waals surface area contributed by atoms with Gasteiger partial charge >= 0.3 is 0 Å². The maximum absolute atomic E-state index is 13.3. The molecule has 0 saturated carbocycles. The average molecular weight is 250 g/mol. The van der Waals surface area contributed by atoms with Crippen LogP contribution in [0.1, 0.15) is 5.56 Å². The van der Waals surface area contributed by atoms with E-state index in [2.05, 4.69) is 10.3 Å². The summed E-state index contributed by atoms with van der Waals surface area (Å²) in [5, 5.41) is 2.80. The van der Waals surface area contributed by atoms with Gasteiger partial charge in [0.1, 0.15) is 11.6 Å². The van der Waals surface area contributed by atoms with Crippen molar-refractivity contribution in [3.05, 3.63) is 53.7 Å². The van der Waals surface area contributed by atoms with Gasteiger partial charge < -0.3 is 10.1 Å². The summed E-state index contributed by atoms with van der Waals surface area (Å²) in [7, 11) is 1.58. The summed E-state index contributed by atoms with van der Waals surface area (Å²) in [6.45, 7) is 0.382. The number of nitrogens with one attached hydrogen (secondary N) is 1. The molecule has 2 rings (SSSR count). The van der Waals surface area contributed by atoms with Crippen LogP contribution in [-0.2, 0) is 6.54 Å². The van der Waals surface area contributed by atoms with Crippen molar-refractivity contribution in [2.45, 2.75) is 6.54 Å². The second-order valence-electron chi connectivity index (χ2n) is 3.69. The number of halogens is 2. The highest BCUT2D eigenvalue weighted by atomic mass is 19.1. The van der Waals surface area contributed by atoms with Gasteiger partial charge in [0.15, 0.2) is 11.6 Å². The first kappa shape index (κ1) is 12.3. The van der Waals surface area contributed by atoms with Gasteiger partial charge in [-0.25, -0.2) is 13.8 Å².